The zero-order chi connectivity index (χ0) is 18.9. The van der Waals surface area contributed by atoms with E-state index in [4.69, 9.17) is 0 Å². The molecule has 0 aliphatic rings. The first-order chi connectivity index (χ1) is 12.5. The van der Waals surface area contributed by atoms with Gasteiger partial charge in [0.15, 0.2) is 0 Å². The van der Waals surface area contributed by atoms with Gasteiger partial charge in [0.05, 0.1) is 0 Å². The molecule has 0 atom stereocenters. The van der Waals surface area contributed by atoms with Crippen molar-refractivity contribution in [2.75, 3.05) is 20.1 Å². The first-order valence-corrected chi connectivity index (χ1v) is 8.90. The predicted molar refractivity (Wildman–Crippen MR) is 101 cm³/mol. The number of benzene rings is 2. The average Bonchev–Trinajstić information content (AvgIpc) is 2.67. The van der Waals surface area contributed by atoms with Crippen LogP contribution in [0.3, 0.4) is 0 Å². The van der Waals surface area contributed by atoms with Crippen molar-refractivity contribution >= 4 is 11.8 Å². The summed E-state index contributed by atoms with van der Waals surface area (Å²) < 4.78 is 13.6. The lowest BCUT2D eigenvalue weighted by atomic mass is 10.1. The second kappa shape index (κ2) is 9.70. The number of carbonyl (C=O) groups excluding carboxylic acids is 2. The fraction of sp³-hybridized carbons (Fsp3) is 0.333. The normalized spacial score (nSPS) is 10.4. The van der Waals surface area contributed by atoms with Gasteiger partial charge in [-0.3, -0.25) is 9.59 Å². The molecule has 0 aromatic heterocycles. The molecule has 0 radical (unpaired) electrons. The maximum Gasteiger partial charge on any atom is 0.253 e. The Kier molecular flexibility index (Phi) is 7.33. The Hall–Kier alpha value is -2.69. The second-order valence-corrected chi connectivity index (χ2v) is 6.26. The SMILES string of the molecule is CCCCN(C)C(=O)c1cccc(C(=O)NCCc2ccccc2F)c1. The summed E-state index contributed by atoms with van der Waals surface area (Å²) in [5.74, 6) is -0.642. The van der Waals surface area contributed by atoms with Crippen molar-refractivity contribution in [3.8, 4) is 0 Å². The largest absolute Gasteiger partial charge is 0.352 e. The van der Waals surface area contributed by atoms with Gasteiger partial charge >= 0.3 is 0 Å². The van der Waals surface area contributed by atoms with Crippen LogP contribution in [0.15, 0.2) is 48.5 Å². The molecule has 0 saturated carbocycles. The van der Waals surface area contributed by atoms with Crippen LogP contribution in [-0.2, 0) is 6.42 Å². The van der Waals surface area contributed by atoms with E-state index >= 15 is 0 Å². The molecule has 0 aliphatic heterocycles. The van der Waals surface area contributed by atoms with Crippen molar-refractivity contribution < 1.29 is 14.0 Å². The molecule has 26 heavy (non-hydrogen) atoms. The number of nitrogens with one attached hydrogen (secondary N) is 1. The standard InChI is InChI=1S/C21H25FN2O2/c1-3-4-14-24(2)21(26)18-10-7-9-17(15-18)20(25)23-13-12-16-8-5-6-11-19(16)22/h5-11,15H,3-4,12-14H2,1-2H3,(H,23,25). The smallest absolute Gasteiger partial charge is 0.253 e. The highest BCUT2D eigenvalue weighted by Crippen LogP contribution is 2.10. The van der Waals surface area contributed by atoms with E-state index in [1.165, 1.54) is 6.07 Å². The van der Waals surface area contributed by atoms with Crippen LogP contribution in [0.1, 0.15) is 46.0 Å². The van der Waals surface area contributed by atoms with E-state index in [0.717, 1.165) is 12.8 Å². The molecule has 0 aliphatic carbocycles. The van der Waals surface area contributed by atoms with Gasteiger partial charge in [-0.05, 0) is 42.7 Å². The molecule has 0 bridgehead atoms. The number of rotatable bonds is 8. The highest BCUT2D eigenvalue weighted by Gasteiger charge is 2.14. The molecule has 0 unspecified atom stereocenters. The van der Waals surface area contributed by atoms with Gasteiger partial charge in [-0.1, -0.05) is 37.6 Å². The lowest BCUT2D eigenvalue weighted by Gasteiger charge is -2.17. The summed E-state index contributed by atoms with van der Waals surface area (Å²) in [5.41, 5.74) is 1.48. The van der Waals surface area contributed by atoms with Gasteiger partial charge in [-0.15, -0.1) is 0 Å². The van der Waals surface area contributed by atoms with Gasteiger partial charge in [0.2, 0.25) is 0 Å². The van der Waals surface area contributed by atoms with Crippen LogP contribution in [0.25, 0.3) is 0 Å². The number of hydrogen-bond acceptors (Lipinski definition) is 2. The third-order valence-electron chi connectivity index (χ3n) is 4.20. The Morgan fingerprint density at radius 1 is 1.08 bits per heavy atom. The fourth-order valence-electron chi connectivity index (χ4n) is 2.62. The Bertz CT molecular complexity index is 761. The van der Waals surface area contributed by atoms with Crippen molar-refractivity contribution in [1.29, 1.82) is 0 Å². The maximum atomic E-state index is 13.6. The van der Waals surface area contributed by atoms with Gasteiger partial charge in [0.1, 0.15) is 5.82 Å². The highest BCUT2D eigenvalue weighted by molar-refractivity contribution is 5.99. The first-order valence-electron chi connectivity index (χ1n) is 8.90. The van der Waals surface area contributed by atoms with Crippen LogP contribution in [-0.4, -0.2) is 36.9 Å². The van der Waals surface area contributed by atoms with Crippen LogP contribution in [0, 0.1) is 5.82 Å². The summed E-state index contributed by atoms with van der Waals surface area (Å²) in [7, 11) is 1.76. The lowest BCUT2D eigenvalue weighted by molar-refractivity contribution is 0.0793. The molecule has 2 aromatic rings. The van der Waals surface area contributed by atoms with Crippen molar-refractivity contribution in [3.63, 3.8) is 0 Å². The minimum atomic E-state index is -0.274. The number of halogens is 1. The molecule has 138 valence electrons. The van der Waals surface area contributed by atoms with Crippen molar-refractivity contribution in [3.05, 3.63) is 71.0 Å². The van der Waals surface area contributed by atoms with Crippen LogP contribution in [0.2, 0.25) is 0 Å². The molecule has 5 heteroatoms. The Labute approximate surface area is 154 Å². The minimum Gasteiger partial charge on any atom is -0.352 e. The summed E-state index contributed by atoms with van der Waals surface area (Å²) in [6, 6.07) is 13.2. The van der Waals surface area contributed by atoms with Crippen molar-refractivity contribution in [2.45, 2.75) is 26.2 Å². The maximum absolute atomic E-state index is 13.6. The van der Waals surface area contributed by atoms with E-state index in [1.54, 1.807) is 54.4 Å². The quantitative estimate of drug-likeness (QED) is 0.784. The number of carbonyl (C=O) groups is 2. The van der Waals surface area contributed by atoms with Crippen LogP contribution in [0.5, 0.6) is 0 Å². The van der Waals surface area contributed by atoms with Crippen LogP contribution >= 0.6 is 0 Å². The molecule has 2 rings (SSSR count). The molecule has 0 spiro atoms. The van der Waals surface area contributed by atoms with Crippen LogP contribution in [0.4, 0.5) is 4.39 Å². The molecular weight excluding hydrogens is 331 g/mol. The summed E-state index contributed by atoms with van der Waals surface area (Å²) in [5, 5.41) is 2.77. The second-order valence-electron chi connectivity index (χ2n) is 6.26. The first kappa shape index (κ1) is 19.6. The van der Waals surface area contributed by atoms with Crippen molar-refractivity contribution in [2.24, 2.45) is 0 Å². The van der Waals surface area contributed by atoms with Gasteiger partial charge < -0.3 is 10.2 Å². The van der Waals surface area contributed by atoms with E-state index < -0.39 is 0 Å². The minimum absolute atomic E-state index is 0.0977. The number of hydrogen-bond donors (Lipinski definition) is 1. The van der Waals surface area contributed by atoms with Crippen molar-refractivity contribution in [1.82, 2.24) is 10.2 Å². The fourth-order valence-corrected chi connectivity index (χ4v) is 2.62. The Balaban J connectivity index is 1.95. The van der Waals surface area contributed by atoms with Crippen LogP contribution < -0.4 is 5.32 Å². The number of unbranched alkanes of at least 4 members (excludes halogenated alkanes) is 1. The monoisotopic (exact) mass is 356 g/mol. The van der Waals surface area contributed by atoms with E-state index in [0.29, 0.717) is 36.2 Å². The molecule has 0 saturated heterocycles. The van der Waals surface area contributed by atoms with E-state index in [9.17, 15) is 14.0 Å². The zero-order valence-electron chi connectivity index (χ0n) is 15.3. The number of amides is 2. The van der Waals surface area contributed by atoms with E-state index in [1.807, 2.05) is 0 Å². The summed E-state index contributed by atoms with van der Waals surface area (Å²) in [6.45, 7) is 3.09. The number of nitrogens with zero attached hydrogens (tertiary/aromatic N) is 1. The summed E-state index contributed by atoms with van der Waals surface area (Å²) >= 11 is 0. The molecule has 2 aromatic carbocycles. The molecule has 0 fully saturated rings. The van der Waals surface area contributed by atoms with Gasteiger partial charge in [0, 0.05) is 31.3 Å². The Morgan fingerprint density at radius 2 is 1.81 bits per heavy atom. The molecule has 1 N–H and O–H groups in total. The summed E-state index contributed by atoms with van der Waals surface area (Å²) in [6.07, 6.45) is 2.37. The predicted octanol–water partition coefficient (Wildman–Crippen LogP) is 3.67. The molecular formula is C21H25FN2O2. The Morgan fingerprint density at radius 3 is 2.54 bits per heavy atom. The van der Waals surface area contributed by atoms with Gasteiger partial charge in [-0.25, -0.2) is 4.39 Å². The van der Waals surface area contributed by atoms with E-state index in [-0.39, 0.29) is 17.6 Å². The average molecular weight is 356 g/mol. The van der Waals surface area contributed by atoms with Gasteiger partial charge in [0.25, 0.3) is 11.8 Å². The molecule has 2 amide bonds. The third kappa shape index (κ3) is 5.41. The third-order valence-corrected chi connectivity index (χ3v) is 4.20. The lowest BCUT2D eigenvalue weighted by Crippen LogP contribution is -2.29. The highest BCUT2D eigenvalue weighted by atomic mass is 19.1. The zero-order valence-corrected chi connectivity index (χ0v) is 15.3. The van der Waals surface area contributed by atoms with Gasteiger partial charge in [-0.2, -0.15) is 0 Å². The summed E-state index contributed by atoms with van der Waals surface area (Å²) in [4.78, 5) is 26.4. The van der Waals surface area contributed by atoms with E-state index in [2.05, 4.69) is 12.2 Å². The molecule has 4 nitrogen and oxygen atoms in total. The topological polar surface area (TPSA) is 49.4 Å². The molecule has 0 heterocycles.